The second-order valence-electron chi connectivity index (χ2n) is 7.42. The molecule has 2 aromatic carbocycles. The van der Waals surface area contributed by atoms with Crippen molar-refractivity contribution < 1.29 is 32.7 Å². The first-order valence-corrected chi connectivity index (χ1v) is 9.62. The van der Waals surface area contributed by atoms with Gasteiger partial charge in [-0.25, -0.2) is 4.79 Å². The first kappa shape index (κ1) is 21.9. The Kier molecular flexibility index (Phi) is 5.29. The Morgan fingerprint density at radius 2 is 1.88 bits per heavy atom. The number of benzene rings is 2. The Hall–Kier alpha value is -4.33. The van der Waals surface area contributed by atoms with Crippen molar-refractivity contribution in [3.8, 4) is 6.07 Å². The van der Waals surface area contributed by atoms with Crippen LogP contribution in [-0.2, 0) is 15.8 Å². The number of nitrogens with one attached hydrogen (secondary N) is 1. The van der Waals surface area contributed by atoms with Crippen LogP contribution in [0.4, 0.5) is 23.7 Å². The molecule has 0 aliphatic carbocycles. The van der Waals surface area contributed by atoms with Crippen LogP contribution in [-0.4, -0.2) is 41.0 Å². The van der Waals surface area contributed by atoms with Crippen LogP contribution in [0.3, 0.4) is 0 Å². The molecule has 2 aromatic rings. The van der Waals surface area contributed by atoms with Crippen molar-refractivity contribution in [2.75, 3.05) is 18.0 Å². The fourth-order valence-corrected chi connectivity index (χ4v) is 3.88. The summed E-state index contributed by atoms with van der Waals surface area (Å²) in [5, 5.41) is 20.8. The van der Waals surface area contributed by atoms with Crippen molar-refractivity contribution in [1.29, 1.82) is 5.26 Å². The molecule has 3 amide bonds. The van der Waals surface area contributed by atoms with Gasteiger partial charge in [0.2, 0.25) is 0 Å². The highest BCUT2D eigenvalue weighted by Gasteiger charge is 2.45. The van der Waals surface area contributed by atoms with E-state index in [1.807, 2.05) is 6.07 Å². The Labute approximate surface area is 185 Å². The first-order valence-electron chi connectivity index (χ1n) is 9.62. The molecule has 0 saturated carbocycles. The van der Waals surface area contributed by atoms with Crippen LogP contribution in [0.25, 0.3) is 0 Å². The van der Waals surface area contributed by atoms with Gasteiger partial charge in [-0.1, -0.05) is 18.2 Å². The summed E-state index contributed by atoms with van der Waals surface area (Å²) in [6.45, 7) is -0.909. The number of alkyl halides is 3. The van der Waals surface area contributed by atoms with Gasteiger partial charge < -0.3 is 15.3 Å². The Morgan fingerprint density at radius 1 is 1.18 bits per heavy atom. The highest BCUT2D eigenvalue weighted by atomic mass is 19.4. The minimum Gasteiger partial charge on any atom is -0.480 e. The quantitative estimate of drug-likeness (QED) is 0.734. The molecule has 2 aliphatic rings. The van der Waals surface area contributed by atoms with Crippen molar-refractivity contribution in [3.05, 3.63) is 76.5 Å². The number of hydrogen-bond acceptors (Lipinski definition) is 4. The van der Waals surface area contributed by atoms with E-state index < -0.39 is 42.2 Å². The van der Waals surface area contributed by atoms with Gasteiger partial charge in [0, 0.05) is 0 Å². The molecule has 0 fully saturated rings. The third-order valence-electron chi connectivity index (χ3n) is 5.33. The van der Waals surface area contributed by atoms with Crippen LogP contribution in [0.5, 0.6) is 0 Å². The fraction of sp³-hybridized carbons (Fsp3) is 0.182. The van der Waals surface area contributed by atoms with E-state index in [-0.39, 0.29) is 23.5 Å². The van der Waals surface area contributed by atoms with Gasteiger partial charge in [0.05, 0.1) is 46.7 Å². The zero-order valence-electron chi connectivity index (χ0n) is 16.8. The lowest BCUT2D eigenvalue weighted by molar-refractivity contribution is -0.142. The van der Waals surface area contributed by atoms with E-state index in [1.54, 1.807) is 12.1 Å². The minimum atomic E-state index is -4.65. The number of carbonyl (C=O) groups excluding carboxylic acids is 2. The van der Waals surface area contributed by atoms with Crippen molar-refractivity contribution >= 4 is 23.6 Å². The second-order valence-corrected chi connectivity index (χ2v) is 7.42. The predicted octanol–water partition coefficient (Wildman–Crippen LogP) is 3.03. The summed E-state index contributed by atoms with van der Waals surface area (Å²) in [5.74, 6) is -1.93. The number of aliphatic carboxylic acids is 1. The van der Waals surface area contributed by atoms with Crippen molar-refractivity contribution in [3.63, 3.8) is 0 Å². The van der Waals surface area contributed by atoms with Crippen LogP contribution in [0.1, 0.15) is 22.7 Å². The fourth-order valence-electron chi connectivity index (χ4n) is 3.88. The highest BCUT2D eigenvalue weighted by molar-refractivity contribution is 6.08. The maximum atomic E-state index is 13.2. The van der Waals surface area contributed by atoms with E-state index in [0.717, 1.165) is 28.0 Å². The molecule has 2 heterocycles. The molecule has 168 valence electrons. The zero-order valence-corrected chi connectivity index (χ0v) is 16.8. The number of nitrogens with zero attached hydrogens (tertiary/aromatic N) is 3. The Balaban J connectivity index is 1.83. The minimum absolute atomic E-state index is 0.0537. The van der Waals surface area contributed by atoms with Crippen LogP contribution in [0, 0.1) is 11.3 Å². The third kappa shape index (κ3) is 3.98. The summed E-state index contributed by atoms with van der Waals surface area (Å²) >= 11 is 0. The Bertz CT molecular complexity index is 1230. The number of hydrogen-bond donors (Lipinski definition) is 2. The summed E-state index contributed by atoms with van der Waals surface area (Å²) in [6.07, 6.45) is -4.65. The van der Waals surface area contributed by atoms with Gasteiger partial charge in [-0.2, -0.15) is 18.4 Å². The number of carboxylic acid groups (broad SMARTS) is 1. The molecule has 1 atom stereocenters. The van der Waals surface area contributed by atoms with Crippen molar-refractivity contribution in [2.45, 2.75) is 12.2 Å². The van der Waals surface area contributed by atoms with E-state index in [2.05, 4.69) is 5.32 Å². The molecule has 33 heavy (non-hydrogen) atoms. The maximum Gasteiger partial charge on any atom is 0.416 e. The maximum absolute atomic E-state index is 13.2. The molecule has 11 heteroatoms. The molecular formula is C22H15F3N4O4. The molecule has 2 aliphatic heterocycles. The zero-order chi connectivity index (χ0) is 23.9. The van der Waals surface area contributed by atoms with Gasteiger partial charge in [-0.3, -0.25) is 14.5 Å². The van der Waals surface area contributed by atoms with Gasteiger partial charge in [-0.05, 0) is 35.9 Å². The molecule has 0 spiro atoms. The molecule has 0 radical (unpaired) electrons. The van der Waals surface area contributed by atoms with Gasteiger partial charge in [0.1, 0.15) is 6.54 Å². The molecule has 8 nitrogen and oxygen atoms in total. The average Bonchev–Trinajstić information content (AvgIpc) is 3.08. The molecule has 2 N–H and O–H groups in total. The summed E-state index contributed by atoms with van der Waals surface area (Å²) in [4.78, 5) is 39.3. The summed E-state index contributed by atoms with van der Waals surface area (Å²) in [6, 6.07) is 10.4. The number of anilines is 1. The molecule has 0 aromatic heterocycles. The first-order chi connectivity index (χ1) is 15.6. The van der Waals surface area contributed by atoms with Crippen molar-refractivity contribution in [1.82, 2.24) is 10.2 Å². The molecule has 0 bridgehead atoms. The van der Waals surface area contributed by atoms with E-state index in [4.69, 9.17) is 10.4 Å². The number of amides is 3. The second kappa shape index (κ2) is 7.98. The SMILES string of the molecule is N#Cc1ccc(C2NC(=O)N(c3cccc(C(F)(F)F)c3)C3=C2C(=O)N(CC(=O)O)C3)cc1. The van der Waals surface area contributed by atoms with Gasteiger partial charge >= 0.3 is 18.2 Å². The van der Waals surface area contributed by atoms with Gasteiger partial charge in [-0.15, -0.1) is 0 Å². The summed E-state index contributed by atoms with van der Waals surface area (Å²) in [7, 11) is 0. The lowest BCUT2D eigenvalue weighted by Crippen LogP contribution is -2.47. The average molecular weight is 456 g/mol. The number of urea groups is 1. The third-order valence-corrected chi connectivity index (χ3v) is 5.33. The lowest BCUT2D eigenvalue weighted by atomic mass is 9.94. The topological polar surface area (TPSA) is 114 Å². The molecular weight excluding hydrogens is 441 g/mol. The Morgan fingerprint density at radius 3 is 2.48 bits per heavy atom. The standard InChI is InChI=1S/C22H15F3N4O4/c23-22(24,25)14-2-1-3-15(8-14)29-16-10-28(11-17(30)31)20(32)18(16)19(27-21(29)33)13-6-4-12(9-26)5-7-13/h1-8,19H,10-11H2,(H,27,33)(H,30,31). The van der Waals surface area contributed by atoms with Crippen molar-refractivity contribution in [2.24, 2.45) is 0 Å². The van der Waals surface area contributed by atoms with Crippen LogP contribution in [0.15, 0.2) is 59.8 Å². The highest BCUT2D eigenvalue weighted by Crippen LogP contribution is 2.40. The smallest absolute Gasteiger partial charge is 0.416 e. The van der Waals surface area contributed by atoms with Crippen LogP contribution < -0.4 is 10.2 Å². The van der Waals surface area contributed by atoms with Gasteiger partial charge in [0.15, 0.2) is 0 Å². The number of carbonyl (C=O) groups is 3. The number of nitriles is 1. The normalized spacial score (nSPS) is 18.2. The van der Waals surface area contributed by atoms with Gasteiger partial charge in [0.25, 0.3) is 5.91 Å². The number of carboxylic acids is 1. The molecule has 4 rings (SSSR count). The van der Waals surface area contributed by atoms with E-state index in [9.17, 15) is 27.6 Å². The van der Waals surface area contributed by atoms with Crippen LogP contribution in [0.2, 0.25) is 0 Å². The largest absolute Gasteiger partial charge is 0.480 e. The summed E-state index contributed by atoms with van der Waals surface area (Å²) < 4.78 is 39.7. The molecule has 1 unspecified atom stereocenters. The molecule has 0 saturated heterocycles. The number of rotatable bonds is 4. The van der Waals surface area contributed by atoms with E-state index in [0.29, 0.717) is 11.1 Å². The van der Waals surface area contributed by atoms with E-state index in [1.165, 1.54) is 18.2 Å². The predicted molar refractivity (Wildman–Crippen MR) is 108 cm³/mol. The monoisotopic (exact) mass is 456 g/mol. The van der Waals surface area contributed by atoms with E-state index >= 15 is 0 Å². The summed E-state index contributed by atoms with van der Waals surface area (Å²) in [5.41, 5.74) is -0.124. The number of halogens is 3. The van der Waals surface area contributed by atoms with Crippen LogP contribution >= 0.6 is 0 Å². The lowest BCUT2D eigenvalue weighted by Gasteiger charge is -2.33.